The molecule has 3 atom stereocenters. The van der Waals surface area contributed by atoms with Gasteiger partial charge in [0, 0.05) is 19.3 Å². The lowest BCUT2D eigenvalue weighted by Crippen LogP contribution is -2.41. The highest BCUT2D eigenvalue weighted by molar-refractivity contribution is 7.15. The van der Waals surface area contributed by atoms with Crippen molar-refractivity contribution in [2.24, 2.45) is 11.8 Å². The second-order valence-corrected chi connectivity index (χ2v) is 6.80. The Labute approximate surface area is 113 Å². The maximum absolute atomic E-state index is 9.57. The molecule has 2 aliphatic rings. The van der Waals surface area contributed by atoms with Gasteiger partial charge in [-0.1, -0.05) is 30.6 Å². The van der Waals surface area contributed by atoms with Gasteiger partial charge in [0.15, 0.2) is 5.13 Å². The summed E-state index contributed by atoms with van der Waals surface area (Å²) in [7, 11) is 0. The average Bonchev–Trinajstić information content (AvgIpc) is 2.88. The van der Waals surface area contributed by atoms with E-state index in [-0.39, 0.29) is 6.10 Å². The minimum Gasteiger partial charge on any atom is -0.388 e. The van der Waals surface area contributed by atoms with E-state index in [9.17, 15) is 5.11 Å². The summed E-state index contributed by atoms with van der Waals surface area (Å²) >= 11 is 1.65. The molecule has 1 aliphatic carbocycles. The Kier molecular flexibility index (Phi) is 3.57. The molecule has 1 aromatic rings. The summed E-state index contributed by atoms with van der Waals surface area (Å²) in [6.45, 7) is 4.13. The zero-order valence-corrected chi connectivity index (χ0v) is 11.8. The molecule has 100 valence electrons. The Morgan fingerprint density at radius 1 is 1.33 bits per heavy atom. The Morgan fingerprint density at radius 2 is 2.11 bits per heavy atom. The second-order valence-electron chi connectivity index (χ2n) is 5.76. The van der Waals surface area contributed by atoms with Crippen molar-refractivity contribution in [1.82, 2.24) is 4.98 Å². The number of rotatable bonds is 2. The van der Waals surface area contributed by atoms with Gasteiger partial charge in [-0.2, -0.15) is 0 Å². The molecule has 1 aliphatic heterocycles. The van der Waals surface area contributed by atoms with Crippen LogP contribution in [-0.2, 0) is 0 Å². The van der Waals surface area contributed by atoms with Crippen LogP contribution in [0.15, 0.2) is 6.20 Å². The van der Waals surface area contributed by atoms with Gasteiger partial charge < -0.3 is 10.0 Å². The summed E-state index contributed by atoms with van der Waals surface area (Å²) in [5.74, 6) is 1.84. The average molecular weight is 266 g/mol. The molecule has 0 bridgehead atoms. The van der Waals surface area contributed by atoms with Crippen LogP contribution in [-0.4, -0.2) is 23.2 Å². The molecule has 2 heterocycles. The fraction of sp³-hybridized carbons (Fsp3) is 0.786. The number of aliphatic hydroxyl groups excluding tert-OH is 1. The highest BCUT2D eigenvalue weighted by atomic mass is 32.1. The Morgan fingerprint density at radius 3 is 2.83 bits per heavy atom. The van der Waals surface area contributed by atoms with Crippen LogP contribution >= 0.6 is 11.3 Å². The largest absolute Gasteiger partial charge is 0.388 e. The molecule has 0 aromatic carbocycles. The molecule has 1 saturated carbocycles. The van der Waals surface area contributed by atoms with Crippen molar-refractivity contribution >= 4 is 16.5 Å². The van der Waals surface area contributed by atoms with Gasteiger partial charge in [0.1, 0.15) is 0 Å². The summed E-state index contributed by atoms with van der Waals surface area (Å²) in [6.07, 6.45) is 8.45. The van der Waals surface area contributed by atoms with Gasteiger partial charge in [-0.25, -0.2) is 4.98 Å². The molecule has 0 spiro atoms. The maximum Gasteiger partial charge on any atom is 0.185 e. The molecule has 18 heavy (non-hydrogen) atoms. The van der Waals surface area contributed by atoms with Crippen molar-refractivity contribution in [2.75, 3.05) is 18.0 Å². The van der Waals surface area contributed by atoms with E-state index in [4.69, 9.17) is 0 Å². The Hall–Kier alpha value is -0.610. The first kappa shape index (κ1) is 12.4. The molecular formula is C14H22N2OS. The van der Waals surface area contributed by atoms with E-state index in [0.717, 1.165) is 28.4 Å². The van der Waals surface area contributed by atoms with Crippen molar-refractivity contribution in [3.8, 4) is 0 Å². The molecule has 3 nitrogen and oxygen atoms in total. The third-order valence-corrected chi connectivity index (χ3v) is 5.71. The zero-order valence-electron chi connectivity index (χ0n) is 11.0. The zero-order chi connectivity index (χ0) is 12.5. The molecule has 0 amide bonds. The molecule has 1 N–H and O–H groups in total. The van der Waals surface area contributed by atoms with Crippen LogP contribution in [0, 0.1) is 11.8 Å². The summed E-state index contributed by atoms with van der Waals surface area (Å²) in [4.78, 5) is 7.90. The third kappa shape index (κ3) is 2.41. The van der Waals surface area contributed by atoms with Gasteiger partial charge >= 0.3 is 0 Å². The number of anilines is 1. The summed E-state index contributed by atoms with van der Waals surface area (Å²) in [6, 6.07) is 0. The lowest BCUT2D eigenvalue weighted by atomic mass is 9.75. The van der Waals surface area contributed by atoms with E-state index in [1.165, 1.54) is 38.6 Å². The number of piperidine rings is 1. The molecule has 0 radical (unpaired) electrons. The van der Waals surface area contributed by atoms with Crippen LogP contribution in [0.2, 0.25) is 0 Å². The van der Waals surface area contributed by atoms with Crippen LogP contribution in [0.5, 0.6) is 0 Å². The van der Waals surface area contributed by atoms with Gasteiger partial charge in [0.2, 0.25) is 0 Å². The number of thiazole rings is 1. The number of hydrogen-bond acceptors (Lipinski definition) is 4. The molecule has 2 fully saturated rings. The predicted molar refractivity (Wildman–Crippen MR) is 75.0 cm³/mol. The highest BCUT2D eigenvalue weighted by Gasteiger charge is 2.32. The number of nitrogens with zero attached hydrogens (tertiary/aromatic N) is 2. The van der Waals surface area contributed by atoms with Crippen molar-refractivity contribution < 1.29 is 5.11 Å². The minimum absolute atomic E-state index is 0.386. The maximum atomic E-state index is 9.57. The molecule has 1 aromatic heterocycles. The lowest BCUT2D eigenvalue weighted by Gasteiger charge is -2.41. The van der Waals surface area contributed by atoms with Gasteiger partial charge in [0.25, 0.3) is 0 Å². The normalized spacial score (nSPS) is 30.0. The molecule has 3 unspecified atom stereocenters. The van der Waals surface area contributed by atoms with Gasteiger partial charge in [0.05, 0.1) is 11.0 Å². The Bertz CT molecular complexity index is 404. The third-order valence-electron chi connectivity index (χ3n) is 4.48. The number of fused-ring (bicyclic) bond motifs is 1. The highest BCUT2D eigenvalue weighted by Crippen LogP contribution is 2.38. The minimum atomic E-state index is -0.386. The fourth-order valence-electron chi connectivity index (χ4n) is 3.39. The summed E-state index contributed by atoms with van der Waals surface area (Å²) in [5, 5.41) is 10.7. The topological polar surface area (TPSA) is 36.4 Å². The van der Waals surface area contributed by atoms with E-state index in [0.29, 0.717) is 0 Å². The van der Waals surface area contributed by atoms with E-state index in [1.807, 2.05) is 13.1 Å². The number of hydrogen-bond donors (Lipinski definition) is 1. The monoisotopic (exact) mass is 266 g/mol. The first-order valence-electron chi connectivity index (χ1n) is 7.13. The van der Waals surface area contributed by atoms with E-state index in [1.54, 1.807) is 11.3 Å². The Balaban J connectivity index is 1.69. The summed E-state index contributed by atoms with van der Waals surface area (Å²) in [5.41, 5.74) is 0. The molecule has 3 rings (SSSR count). The quantitative estimate of drug-likeness (QED) is 0.893. The number of aromatic nitrogens is 1. The lowest BCUT2D eigenvalue weighted by molar-refractivity contribution is 0.202. The van der Waals surface area contributed by atoms with Crippen molar-refractivity contribution in [3.05, 3.63) is 11.1 Å². The van der Waals surface area contributed by atoms with E-state index >= 15 is 0 Å². The van der Waals surface area contributed by atoms with Crippen molar-refractivity contribution in [3.63, 3.8) is 0 Å². The van der Waals surface area contributed by atoms with Crippen LogP contribution in [0.25, 0.3) is 0 Å². The van der Waals surface area contributed by atoms with Gasteiger partial charge in [-0.15, -0.1) is 0 Å². The SMILES string of the molecule is CC(O)c1cnc(N2CCC3CCCCC3C2)s1. The molecule has 1 saturated heterocycles. The summed E-state index contributed by atoms with van der Waals surface area (Å²) < 4.78 is 0. The molecular weight excluding hydrogens is 244 g/mol. The van der Waals surface area contributed by atoms with Crippen LogP contribution in [0.4, 0.5) is 5.13 Å². The first-order valence-corrected chi connectivity index (χ1v) is 7.94. The van der Waals surface area contributed by atoms with Gasteiger partial charge in [-0.05, 0) is 31.6 Å². The predicted octanol–water partition coefficient (Wildman–Crippen LogP) is 3.21. The van der Waals surface area contributed by atoms with E-state index in [2.05, 4.69) is 9.88 Å². The second kappa shape index (κ2) is 5.17. The van der Waals surface area contributed by atoms with Crippen LogP contribution in [0.1, 0.15) is 50.0 Å². The number of aliphatic hydroxyl groups is 1. The van der Waals surface area contributed by atoms with Gasteiger partial charge in [-0.3, -0.25) is 0 Å². The smallest absolute Gasteiger partial charge is 0.185 e. The standard InChI is InChI=1S/C14H22N2OS/c1-10(17)13-8-15-14(18-13)16-7-6-11-4-2-3-5-12(11)9-16/h8,10-12,17H,2-7,9H2,1H3. The first-order chi connectivity index (χ1) is 8.74. The molecule has 4 heteroatoms. The fourth-order valence-corrected chi connectivity index (χ4v) is 4.28. The van der Waals surface area contributed by atoms with E-state index < -0.39 is 0 Å². The van der Waals surface area contributed by atoms with Crippen molar-refractivity contribution in [1.29, 1.82) is 0 Å². The van der Waals surface area contributed by atoms with Crippen LogP contribution in [0.3, 0.4) is 0 Å². The van der Waals surface area contributed by atoms with Crippen LogP contribution < -0.4 is 4.90 Å². The van der Waals surface area contributed by atoms with Crippen molar-refractivity contribution in [2.45, 2.75) is 45.1 Å².